The van der Waals surface area contributed by atoms with Gasteiger partial charge in [0.05, 0.1) is 6.54 Å². The fraction of sp³-hybridized carbons (Fsp3) is 0.789. The predicted molar refractivity (Wildman–Crippen MR) is 109 cm³/mol. The molecule has 28 heavy (non-hydrogen) atoms. The average Bonchev–Trinajstić information content (AvgIpc) is 3.04. The molecule has 1 aliphatic rings. The second-order valence-corrected chi connectivity index (χ2v) is 8.21. The Kier molecular flexibility index (Phi) is 7.65. The van der Waals surface area contributed by atoms with Crippen molar-refractivity contribution in [3.63, 3.8) is 0 Å². The van der Waals surface area contributed by atoms with Gasteiger partial charge in [0, 0.05) is 40.3 Å². The van der Waals surface area contributed by atoms with E-state index in [4.69, 9.17) is 4.74 Å². The van der Waals surface area contributed by atoms with E-state index < -0.39 is 5.60 Å². The van der Waals surface area contributed by atoms with Gasteiger partial charge in [0.15, 0.2) is 11.8 Å². The van der Waals surface area contributed by atoms with Crippen LogP contribution in [0.3, 0.4) is 0 Å². The normalized spacial score (nSPS) is 16.2. The highest BCUT2D eigenvalue weighted by Gasteiger charge is 2.27. The summed E-state index contributed by atoms with van der Waals surface area (Å²) in [5.41, 5.74) is -0.464. The number of nitrogens with zero attached hydrogens (tertiary/aromatic N) is 6. The number of carbonyl (C=O) groups excluding carboxylic acids is 1. The van der Waals surface area contributed by atoms with Gasteiger partial charge in [-0.05, 0) is 46.5 Å². The number of likely N-dealkylation sites (tertiary alicyclic amines) is 1. The van der Waals surface area contributed by atoms with Gasteiger partial charge in [-0.2, -0.15) is 0 Å². The summed E-state index contributed by atoms with van der Waals surface area (Å²) < 4.78 is 7.41. The van der Waals surface area contributed by atoms with E-state index in [1.54, 1.807) is 13.4 Å². The third-order valence-electron chi connectivity index (χ3n) is 4.85. The molecule has 1 amide bonds. The molecular formula is C19H35N7O2. The number of rotatable bonds is 5. The van der Waals surface area contributed by atoms with Crippen LogP contribution in [0.2, 0.25) is 0 Å². The number of aromatic nitrogens is 3. The summed E-state index contributed by atoms with van der Waals surface area (Å²) in [7, 11) is 3.72. The minimum atomic E-state index is -0.464. The summed E-state index contributed by atoms with van der Waals surface area (Å²) in [6, 6.07) is 0. The van der Waals surface area contributed by atoms with Crippen LogP contribution in [0.15, 0.2) is 11.3 Å². The first-order chi connectivity index (χ1) is 13.2. The minimum Gasteiger partial charge on any atom is -0.444 e. The number of hydrogen-bond acceptors (Lipinski definition) is 5. The summed E-state index contributed by atoms with van der Waals surface area (Å²) in [4.78, 5) is 20.8. The van der Waals surface area contributed by atoms with Gasteiger partial charge in [0.2, 0.25) is 0 Å². The number of aryl methyl sites for hydroxylation is 1. The Morgan fingerprint density at radius 2 is 2.07 bits per heavy atom. The topological polar surface area (TPSA) is 87.9 Å². The molecule has 9 heteroatoms. The third-order valence-corrected chi connectivity index (χ3v) is 4.85. The lowest BCUT2D eigenvalue weighted by molar-refractivity contribution is 0.0214. The molecule has 1 aliphatic heterocycles. The molecule has 1 aromatic rings. The molecule has 0 radical (unpaired) electrons. The Bertz CT molecular complexity index is 657. The minimum absolute atomic E-state index is 0.224. The van der Waals surface area contributed by atoms with E-state index in [9.17, 15) is 4.79 Å². The van der Waals surface area contributed by atoms with Crippen molar-refractivity contribution < 1.29 is 9.53 Å². The van der Waals surface area contributed by atoms with Crippen molar-refractivity contribution in [2.24, 2.45) is 18.0 Å². The van der Waals surface area contributed by atoms with E-state index in [2.05, 4.69) is 25.4 Å². The Hall–Kier alpha value is -2.32. The Morgan fingerprint density at radius 3 is 2.57 bits per heavy atom. The van der Waals surface area contributed by atoms with Crippen LogP contribution in [-0.2, 0) is 18.3 Å². The number of hydrogen-bond donors (Lipinski definition) is 1. The van der Waals surface area contributed by atoms with E-state index in [0.717, 1.165) is 44.3 Å². The molecular weight excluding hydrogens is 358 g/mol. The zero-order valence-electron chi connectivity index (χ0n) is 18.1. The fourth-order valence-electron chi connectivity index (χ4n) is 3.26. The fourth-order valence-corrected chi connectivity index (χ4v) is 3.26. The second kappa shape index (κ2) is 9.75. The van der Waals surface area contributed by atoms with Crippen molar-refractivity contribution in [2.45, 2.75) is 52.7 Å². The van der Waals surface area contributed by atoms with E-state index in [0.29, 0.717) is 19.0 Å². The summed E-state index contributed by atoms with van der Waals surface area (Å²) in [5, 5.41) is 11.3. The Labute approximate surface area is 168 Å². The second-order valence-electron chi connectivity index (χ2n) is 8.21. The van der Waals surface area contributed by atoms with Gasteiger partial charge in [-0.3, -0.25) is 4.99 Å². The first kappa shape index (κ1) is 22.0. The highest BCUT2D eigenvalue weighted by molar-refractivity contribution is 5.79. The van der Waals surface area contributed by atoms with Crippen LogP contribution >= 0.6 is 0 Å². The standard InChI is InChI=1S/C19H35N7O2/c1-7-25(18(27)28-19(2,3)4)13-15-8-10-26(11-9-15)17(20-5)21-12-16-23-22-14-24(16)6/h14-15H,7-13H2,1-6H3,(H,20,21). The van der Waals surface area contributed by atoms with Gasteiger partial charge in [0.25, 0.3) is 0 Å². The molecule has 1 saturated heterocycles. The predicted octanol–water partition coefficient (Wildman–Crippen LogP) is 1.86. The average molecular weight is 394 g/mol. The number of piperidine rings is 1. The van der Waals surface area contributed by atoms with Crippen LogP contribution in [0, 0.1) is 5.92 Å². The summed E-state index contributed by atoms with van der Waals surface area (Å²) >= 11 is 0. The van der Waals surface area contributed by atoms with Gasteiger partial charge in [-0.25, -0.2) is 4.79 Å². The maximum Gasteiger partial charge on any atom is 0.410 e. The van der Waals surface area contributed by atoms with Crippen LogP contribution in [0.5, 0.6) is 0 Å². The number of ether oxygens (including phenoxy) is 1. The van der Waals surface area contributed by atoms with Gasteiger partial charge in [-0.1, -0.05) is 0 Å². The molecule has 1 N–H and O–H groups in total. The molecule has 2 rings (SSSR count). The maximum atomic E-state index is 12.4. The van der Waals surface area contributed by atoms with E-state index >= 15 is 0 Å². The van der Waals surface area contributed by atoms with Crippen LogP contribution in [-0.4, -0.2) is 75.4 Å². The van der Waals surface area contributed by atoms with Crippen LogP contribution in [0.1, 0.15) is 46.4 Å². The van der Waals surface area contributed by atoms with E-state index in [-0.39, 0.29) is 6.09 Å². The van der Waals surface area contributed by atoms with Gasteiger partial charge < -0.3 is 24.4 Å². The maximum absolute atomic E-state index is 12.4. The third kappa shape index (κ3) is 6.38. The lowest BCUT2D eigenvalue weighted by atomic mass is 9.96. The number of guanidine groups is 1. The molecule has 158 valence electrons. The van der Waals surface area contributed by atoms with E-state index in [1.165, 1.54) is 0 Å². The smallest absolute Gasteiger partial charge is 0.410 e. The summed E-state index contributed by atoms with van der Waals surface area (Å²) in [5.74, 6) is 2.22. The quantitative estimate of drug-likeness (QED) is 0.607. The van der Waals surface area contributed by atoms with E-state index in [1.807, 2.05) is 44.2 Å². The molecule has 0 atom stereocenters. The molecule has 9 nitrogen and oxygen atoms in total. The zero-order valence-corrected chi connectivity index (χ0v) is 18.1. The molecule has 0 saturated carbocycles. The van der Waals surface area contributed by atoms with Crippen LogP contribution in [0.25, 0.3) is 0 Å². The van der Waals surface area contributed by atoms with Crippen molar-refractivity contribution >= 4 is 12.1 Å². The number of nitrogens with one attached hydrogen (secondary N) is 1. The first-order valence-electron chi connectivity index (χ1n) is 10.00. The zero-order chi connectivity index (χ0) is 20.7. The molecule has 0 unspecified atom stereocenters. The van der Waals surface area contributed by atoms with Crippen molar-refractivity contribution in [1.29, 1.82) is 0 Å². The molecule has 2 heterocycles. The number of aliphatic imine (C=N–C) groups is 1. The molecule has 0 spiro atoms. The first-order valence-corrected chi connectivity index (χ1v) is 10.00. The summed E-state index contributed by atoms with van der Waals surface area (Å²) in [6.45, 7) is 11.5. The highest BCUT2D eigenvalue weighted by Crippen LogP contribution is 2.20. The largest absolute Gasteiger partial charge is 0.444 e. The Morgan fingerprint density at radius 1 is 1.39 bits per heavy atom. The number of carbonyl (C=O) groups is 1. The van der Waals surface area contributed by atoms with Gasteiger partial charge in [-0.15, -0.1) is 10.2 Å². The molecule has 0 aromatic carbocycles. The monoisotopic (exact) mass is 393 g/mol. The molecule has 0 aliphatic carbocycles. The van der Waals surface area contributed by atoms with Crippen LogP contribution < -0.4 is 5.32 Å². The highest BCUT2D eigenvalue weighted by atomic mass is 16.6. The summed E-state index contributed by atoms with van der Waals surface area (Å²) in [6.07, 6.45) is 3.50. The van der Waals surface area contributed by atoms with Gasteiger partial charge >= 0.3 is 6.09 Å². The molecule has 1 aromatic heterocycles. The SMILES string of the molecule is CCN(CC1CCN(C(=NC)NCc2nncn2C)CC1)C(=O)OC(C)(C)C. The van der Waals surface area contributed by atoms with Crippen molar-refractivity contribution in [2.75, 3.05) is 33.2 Å². The molecule has 0 bridgehead atoms. The van der Waals surface area contributed by atoms with Crippen molar-refractivity contribution in [3.05, 3.63) is 12.2 Å². The van der Waals surface area contributed by atoms with Crippen LogP contribution in [0.4, 0.5) is 4.79 Å². The lowest BCUT2D eigenvalue weighted by Crippen LogP contribution is -2.47. The van der Waals surface area contributed by atoms with Gasteiger partial charge in [0.1, 0.15) is 11.9 Å². The molecule has 1 fully saturated rings. The number of amides is 1. The van der Waals surface area contributed by atoms with Crippen molar-refractivity contribution in [3.8, 4) is 0 Å². The Balaban J connectivity index is 1.82. The van der Waals surface area contributed by atoms with Crippen molar-refractivity contribution in [1.82, 2.24) is 29.9 Å². The lowest BCUT2D eigenvalue weighted by Gasteiger charge is -2.36.